The molecule has 0 radical (unpaired) electrons. The van der Waals surface area contributed by atoms with Gasteiger partial charge >= 0.3 is 0 Å². The highest BCUT2D eigenvalue weighted by molar-refractivity contribution is 5.27. The molecule has 0 amide bonds. The Morgan fingerprint density at radius 1 is 1.47 bits per heavy atom. The summed E-state index contributed by atoms with van der Waals surface area (Å²) in [5.74, 6) is 0.682. The molecule has 1 N–H and O–H groups in total. The molecule has 1 fully saturated rings. The van der Waals surface area contributed by atoms with E-state index in [0.717, 1.165) is 32.5 Å². The van der Waals surface area contributed by atoms with E-state index < -0.39 is 0 Å². The quantitative estimate of drug-likeness (QED) is 0.868. The van der Waals surface area contributed by atoms with Crippen molar-refractivity contribution in [2.24, 2.45) is 5.92 Å². The van der Waals surface area contributed by atoms with Crippen LogP contribution in [0.2, 0.25) is 0 Å². The van der Waals surface area contributed by atoms with Crippen LogP contribution in [0, 0.1) is 5.92 Å². The van der Waals surface area contributed by atoms with Gasteiger partial charge in [-0.1, -0.05) is 6.92 Å². The zero-order valence-electron chi connectivity index (χ0n) is 10.8. The fraction of sp³-hybridized carbons (Fsp3) is 0.643. The summed E-state index contributed by atoms with van der Waals surface area (Å²) in [4.78, 5) is 4.23. The van der Waals surface area contributed by atoms with Gasteiger partial charge in [-0.15, -0.1) is 0 Å². The largest absolute Gasteiger partial charge is 0.381 e. The van der Waals surface area contributed by atoms with Crippen molar-refractivity contribution < 1.29 is 4.74 Å². The maximum Gasteiger partial charge on any atom is 0.0469 e. The molecule has 1 aromatic rings. The minimum Gasteiger partial charge on any atom is -0.381 e. The number of nitrogens with zero attached hydrogens (tertiary/aromatic N) is 1. The Bertz CT molecular complexity index is 348. The molecule has 1 aromatic heterocycles. The number of aryl methyl sites for hydroxylation is 1. The van der Waals surface area contributed by atoms with Gasteiger partial charge < -0.3 is 10.1 Å². The topological polar surface area (TPSA) is 34.2 Å². The predicted octanol–water partition coefficient (Wildman–Crippen LogP) is 2.33. The molecule has 3 nitrogen and oxygen atoms in total. The van der Waals surface area contributed by atoms with Crippen molar-refractivity contribution in [1.82, 2.24) is 10.3 Å². The lowest BCUT2D eigenvalue weighted by atomic mass is 9.85. The van der Waals surface area contributed by atoms with E-state index in [9.17, 15) is 0 Å². The Hall–Kier alpha value is -0.930. The van der Waals surface area contributed by atoms with E-state index in [2.05, 4.69) is 30.3 Å². The van der Waals surface area contributed by atoms with Crippen molar-refractivity contribution >= 4 is 0 Å². The third kappa shape index (κ3) is 2.85. The maximum absolute atomic E-state index is 5.45. The highest BCUT2D eigenvalue weighted by Gasteiger charge is 2.25. The third-order valence-electron chi connectivity index (χ3n) is 3.71. The number of hydrogen-bond acceptors (Lipinski definition) is 3. The van der Waals surface area contributed by atoms with Crippen LogP contribution in [-0.2, 0) is 11.2 Å². The van der Waals surface area contributed by atoms with Gasteiger partial charge in [0, 0.05) is 31.6 Å². The highest BCUT2D eigenvalue weighted by Crippen LogP contribution is 2.31. The molecule has 0 aromatic carbocycles. The van der Waals surface area contributed by atoms with Crippen LogP contribution in [0.15, 0.2) is 18.5 Å². The minimum atomic E-state index is 0.442. The smallest absolute Gasteiger partial charge is 0.0469 e. The predicted molar refractivity (Wildman–Crippen MR) is 69.0 cm³/mol. The fourth-order valence-corrected chi connectivity index (χ4v) is 2.73. The lowest BCUT2D eigenvalue weighted by molar-refractivity contribution is 0.0545. The van der Waals surface area contributed by atoms with Gasteiger partial charge in [-0.3, -0.25) is 4.98 Å². The van der Waals surface area contributed by atoms with Crippen LogP contribution in [0.4, 0.5) is 0 Å². The van der Waals surface area contributed by atoms with Crippen molar-refractivity contribution in [3.63, 3.8) is 0 Å². The zero-order chi connectivity index (χ0) is 12.1. The van der Waals surface area contributed by atoms with E-state index in [1.807, 2.05) is 12.4 Å². The molecule has 1 aliphatic heterocycles. The van der Waals surface area contributed by atoms with Crippen molar-refractivity contribution in [3.8, 4) is 0 Å². The molecule has 2 heterocycles. The maximum atomic E-state index is 5.45. The first-order valence-corrected chi connectivity index (χ1v) is 6.54. The summed E-state index contributed by atoms with van der Waals surface area (Å²) in [6.45, 7) is 3.99. The molecule has 1 saturated heterocycles. The molecule has 94 valence electrons. The van der Waals surface area contributed by atoms with Crippen molar-refractivity contribution in [3.05, 3.63) is 29.6 Å². The summed E-state index contributed by atoms with van der Waals surface area (Å²) < 4.78 is 5.45. The van der Waals surface area contributed by atoms with E-state index in [1.54, 1.807) is 0 Å². The second kappa shape index (κ2) is 6.12. The molecule has 1 atom stereocenters. The van der Waals surface area contributed by atoms with Gasteiger partial charge in [-0.25, -0.2) is 0 Å². The van der Waals surface area contributed by atoms with Crippen molar-refractivity contribution in [2.75, 3.05) is 20.3 Å². The number of ether oxygens (including phenoxy) is 1. The Morgan fingerprint density at radius 3 is 2.88 bits per heavy atom. The number of aromatic nitrogens is 1. The average Bonchev–Trinajstić information content (AvgIpc) is 2.41. The van der Waals surface area contributed by atoms with E-state index in [4.69, 9.17) is 4.74 Å². The second-order valence-electron chi connectivity index (χ2n) is 4.64. The highest BCUT2D eigenvalue weighted by atomic mass is 16.5. The lowest BCUT2D eigenvalue weighted by Crippen LogP contribution is -2.30. The molecule has 0 bridgehead atoms. The van der Waals surface area contributed by atoms with Crippen LogP contribution in [0.1, 0.15) is 36.9 Å². The van der Waals surface area contributed by atoms with Crippen LogP contribution < -0.4 is 5.32 Å². The van der Waals surface area contributed by atoms with Gasteiger partial charge in [0.2, 0.25) is 0 Å². The molecule has 0 spiro atoms. The molecular formula is C14H22N2O. The average molecular weight is 234 g/mol. The van der Waals surface area contributed by atoms with Crippen molar-refractivity contribution in [1.29, 1.82) is 0 Å². The summed E-state index contributed by atoms with van der Waals surface area (Å²) in [6, 6.07) is 2.60. The first-order valence-electron chi connectivity index (χ1n) is 6.54. The number of rotatable bonds is 4. The SMILES string of the molecule is CCc1cnccc1C(NC)C1CCOCC1. The summed E-state index contributed by atoms with van der Waals surface area (Å²) in [6.07, 6.45) is 7.25. The standard InChI is InChI=1S/C14H22N2O/c1-3-11-10-16-7-4-13(11)14(15-2)12-5-8-17-9-6-12/h4,7,10,12,14-15H,3,5-6,8-9H2,1-2H3. The van der Waals surface area contributed by atoms with E-state index >= 15 is 0 Å². The molecule has 0 saturated carbocycles. The van der Waals surface area contributed by atoms with Gasteiger partial charge in [0.1, 0.15) is 0 Å². The first-order chi connectivity index (χ1) is 8.36. The van der Waals surface area contributed by atoms with E-state index in [1.165, 1.54) is 11.1 Å². The van der Waals surface area contributed by atoms with Crippen LogP contribution in [0.5, 0.6) is 0 Å². The van der Waals surface area contributed by atoms with Crippen LogP contribution >= 0.6 is 0 Å². The molecule has 17 heavy (non-hydrogen) atoms. The fourth-order valence-electron chi connectivity index (χ4n) is 2.73. The van der Waals surface area contributed by atoms with Gasteiger partial charge in [0.25, 0.3) is 0 Å². The second-order valence-corrected chi connectivity index (χ2v) is 4.64. The molecule has 1 aliphatic rings. The molecular weight excluding hydrogens is 212 g/mol. The summed E-state index contributed by atoms with van der Waals surface area (Å²) >= 11 is 0. The minimum absolute atomic E-state index is 0.442. The van der Waals surface area contributed by atoms with Crippen LogP contribution in [0.3, 0.4) is 0 Å². The first kappa shape index (κ1) is 12.5. The number of hydrogen-bond donors (Lipinski definition) is 1. The summed E-state index contributed by atoms with van der Waals surface area (Å²) in [5.41, 5.74) is 2.77. The Labute approximate surface area is 104 Å². The Balaban J connectivity index is 2.21. The van der Waals surface area contributed by atoms with E-state index in [-0.39, 0.29) is 0 Å². The van der Waals surface area contributed by atoms with Crippen LogP contribution in [-0.4, -0.2) is 25.2 Å². The van der Waals surface area contributed by atoms with Gasteiger partial charge in [-0.05, 0) is 49.4 Å². The Morgan fingerprint density at radius 2 is 2.24 bits per heavy atom. The van der Waals surface area contributed by atoms with Gasteiger partial charge in [0.05, 0.1) is 0 Å². The lowest BCUT2D eigenvalue weighted by Gasteiger charge is -2.31. The normalized spacial score (nSPS) is 19.2. The number of nitrogens with one attached hydrogen (secondary N) is 1. The molecule has 0 aliphatic carbocycles. The zero-order valence-corrected chi connectivity index (χ0v) is 10.8. The van der Waals surface area contributed by atoms with Crippen molar-refractivity contribution in [2.45, 2.75) is 32.2 Å². The summed E-state index contributed by atoms with van der Waals surface area (Å²) in [5, 5.41) is 3.48. The monoisotopic (exact) mass is 234 g/mol. The van der Waals surface area contributed by atoms with E-state index in [0.29, 0.717) is 12.0 Å². The third-order valence-corrected chi connectivity index (χ3v) is 3.71. The summed E-state index contributed by atoms with van der Waals surface area (Å²) in [7, 11) is 2.06. The van der Waals surface area contributed by atoms with Gasteiger partial charge in [0.15, 0.2) is 0 Å². The van der Waals surface area contributed by atoms with Gasteiger partial charge in [-0.2, -0.15) is 0 Å². The molecule has 1 unspecified atom stereocenters. The molecule has 3 heteroatoms. The van der Waals surface area contributed by atoms with Crippen LogP contribution in [0.25, 0.3) is 0 Å². The number of pyridine rings is 1. The molecule has 2 rings (SSSR count). The Kier molecular flexibility index (Phi) is 4.51.